The predicted octanol–water partition coefficient (Wildman–Crippen LogP) is 5.73. The molecule has 1 N–H and O–H groups in total. The Hall–Kier alpha value is -3.20. The molecule has 0 aliphatic carbocycles. The van der Waals surface area contributed by atoms with Gasteiger partial charge in [0, 0.05) is 24.1 Å². The number of anilines is 1. The van der Waals surface area contributed by atoms with Crippen molar-refractivity contribution >= 4 is 29.3 Å². The molecule has 0 spiro atoms. The number of benzene rings is 2. The Labute approximate surface area is 201 Å². The Morgan fingerprint density at radius 1 is 1.09 bits per heavy atom. The molecule has 1 atom stereocenters. The van der Waals surface area contributed by atoms with E-state index in [0.29, 0.717) is 23.8 Å². The third-order valence-corrected chi connectivity index (χ3v) is 6.50. The molecule has 0 aromatic heterocycles. The highest BCUT2D eigenvalue weighted by Gasteiger charge is 2.72. The maximum Gasteiger partial charge on any atom is 0.420 e. The van der Waals surface area contributed by atoms with E-state index >= 15 is 0 Å². The summed E-state index contributed by atoms with van der Waals surface area (Å²) in [5, 5.41) is 11.3. The van der Waals surface area contributed by atoms with Crippen LogP contribution in [0.15, 0.2) is 47.4 Å². The number of nitrogens with one attached hydrogen (secondary N) is 1. The van der Waals surface area contributed by atoms with Crippen LogP contribution in [0.25, 0.3) is 0 Å². The van der Waals surface area contributed by atoms with Crippen molar-refractivity contribution in [3.05, 3.63) is 59.2 Å². The summed E-state index contributed by atoms with van der Waals surface area (Å²) in [5.41, 5.74) is -4.79. The van der Waals surface area contributed by atoms with Crippen LogP contribution in [-0.2, 0) is 21.5 Å². The van der Waals surface area contributed by atoms with Gasteiger partial charge in [-0.3, -0.25) is 9.59 Å². The zero-order chi connectivity index (χ0) is 26.2. The maximum absolute atomic E-state index is 13.4. The topological polar surface area (TPSA) is 73.2 Å². The van der Waals surface area contributed by atoms with Crippen LogP contribution < -0.4 is 5.32 Å². The molecule has 0 radical (unpaired) electrons. The minimum Gasteiger partial charge on any atom is -0.324 e. The van der Waals surface area contributed by atoms with Crippen molar-refractivity contribution in [3.63, 3.8) is 0 Å². The lowest BCUT2D eigenvalue weighted by Gasteiger charge is -2.31. The summed E-state index contributed by atoms with van der Waals surface area (Å²) in [5.74, 6) is -0.235. The molecule has 3 rings (SSSR count). The SMILES string of the molecule is CCSc1ccc2c(c1)CN(C(C)=O)C2C(=O)Nc1ccc(C(C#N)(C(F)(F)F)C(F)(F)F)cc1. The van der Waals surface area contributed by atoms with Crippen LogP contribution in [0.3, 0.4) is 0 Å². The smallest absolute Gasteiger partial charge is 0.324 e. The van der Waals surface area contributed by atoms with Crippen molar-refractivity contribution in [1.82, 2.24) is 4.90 Å². The van der Waals surface area contributed by atoms with E-state index in [1.165, 1.54) is 11.8 Å². The molecule has 1 aliphatic rings. The van der Waals surface area contributed by atoms with Gasteiger partial charge in [0.05, 0.1) is 6.07 Å². The molecule has 0 saturated heterocycles. The van der Waals surface area contributed by atoms with Crippen LogP contribution in [0, 0.1) is 11.3 Å². The number of halogens is 6. The molecule has 1 heterocycles. The standard InChI is InChI=1S/C23H19F6N3O2S/c1-3-35-17-8-9-18-14(10-17)11-32(13(2)33)19(18)20(34)31-16-6-4-15(5-7-16)21(12-30,22(24,25)26)23(27,28)29/h4-10,19H,3,11H2,1-2H3,(H,31,34). The third kappa shape index (κ3) is 4.69. The first-order chi connectivity index (χ1) is 16.3. The number of alkyl halides is 6. The number of rotatable bonds is 5. The Morgan fingerprint density at radius 3 is 2.17 bits per heavy atom. The quantitative estimate of drug-likeness (QED) is 0.408. The molecule has 5 nitrogen and oxygen atoms in total. The number of thioether (sulfide) groups is 1. The van der Waals surface area contributed by atoms with Crippen LogP contribution in [0.2, 0.25) is 0 Å². The molecular formula is C23H19F6N3O2S. The summed E-state index contributed by atoms with van der Waals surface area (Å²) in [6.45, 7) is 3.45. The van der Waals surface area contributed by atoms with Crippen LogP contribution in [0.5, 0.6) is 0 Å². The number of carbonyl (C=O) groups excluding carboxylic acids is 2. The van der Waals surface area contributed by atoms with Gasteiger partial charge in [-0.15, -0.1) is 11.8 Å². The fraction of sp³-hybridized carbons (Fsp3) is 0.348. The second-order valence-electron chi connectivity index (χ2n) is 7.77. The number of nitriles is 1. The van der Waals surface area contributed by atoms with Gasteiger partial charge in [0.25, 0.3) is 11.3 Å². The summed E-state index contributed by atoms with van der Waals surface area (Å²) < 4.78 is 80.1. The largest absolute Gasteiger partial charge is 0.420 e. The van der Waals surface area contributed by atoms with E-state index in [1.807, 2.05) is 19.1 Å². The zero-order valence-corrected chi connectivity index (χ0v) is 19.2. The number of hydrogen-bond acceptors (Lipinski definition) is 4. The molecule has 1 unspecified atom stereocenters. The fourth-order valence-corrected chi connectivity index (χ4v) is 4.68. The zero-order valence-electron chi connectivity index (χ0n) is 18.4. The van der Waals surface area contributed by atoms with Gasteiger partial charge in [-0.1, -0.05) is 25.1 Å². The lowest BCUT2D eigenvalue weighted by molar-refractivity contribution is -0.283. The molecule has 186 valence electrons. The number of hydrogen-bond donors (Lipinski definition) is 1. The highest BCUT2D eigenvalue weighted by Crippen LogP contribution is 2.51. The Balaban J connectivity index is 1.91. The van der Waals surface area contributed by atoms with E-state index in [4.69, 9.17) is 5.26 Å². The van der Waals surface area contributed by atoms with E-state index in [2.05, 4.69) is 5.32 Å². The summed E-state index contributed by atoms with van der Waals surface area (Å²) in [6.07, 6.45) is -11.8. The van der Waals surface area contributed by atoms with Gasteiger partial charge in [-0.25, -0.2) is 0 Å². The van der Waals surface area contributed by atoms with E-state index < -0.39 is 35.3 Å². The second kappa shape index (κ2) is 9.45. The molecular weight excluding hydrogens is 496 g/mol. The minimum absolute atomic E-state index is 0.0925. The summed E-state index contributed by atoms with van der Waals surface area (Å²) in [4.78, 5) is 27.5. The van der Waals surface area contributed by atoms with Gasteiger partial charge >= 0.3 is 12.4 Å². The second-order valence-corrected chi connectivity index (χ2v) is 9.10. The first-order valence-electron chi connectivity index (χ1n) is 10.3. The average molecular weight is 515 g/mol. The average Bonchev–Trinajstić information content (AvgIpc) is 3.13. The number of fused-ring (bicyclic) bond motifs is 1. The number of nitrogens with zero attached hydrogens (tertiary/aromatic N) is 2. The Kier molecular flexibility index (Phi) is 7.13. The van der Waals surface area contributed by atoms with E-state index in [-0.39, 0.29) is 18.1 Å². The normalized spacial score (nSPS) is 16.0. The number of amides is 2. The molecule has 0 bridgehead atoms. The summed E-state index contributed by atoms with van der Waals surface area (Å²) in [6, 6.07) is 7.46. The molecule has 12 heteroatoms. The lowest BCUT2D eigenvalue weighted by atomic mass is 9.80. The fourth-order valence-electron chi connectivity index (χ4n) is 3.95. The van der Waals surface area contributed by atoms with Gasteiger partial charge in [0.2, 0.25) is 5.91 Å². The van der Waals surface area contributed by atoms with E-state index in [1.54, 1.807) is 17.8 Å². The van der Waals surface area contributed by atoms with Gasteiger partial charge < -0.3 is 10.2 Å². The van der Waals surface area contributed by atoms with Crippen molar-refractivity contribution in [2.24, 2.45) is 0 Å². The summed E-state index contributed by atoms with van der Waals surface area (Å²) in [7, 11) is 0. The highest BCUT2D eigenvalue weighted by atomic mass is 32.2. The lowest BCUT2D eigenvalue weighted by Crippen LogP contribution is -2.52. The molecule has 35 heavy (non-hydrogen) atoms. The van der Waals surface area contributed by atoms with Crippen LogP contribution >= 0.6 is 11.8 Å². The number of carbonyl (C=O) groups is 2. The molecule has 0 fully saturated rings. The van der Waals surface area contributed by atoms with Crippen LogP contribution in [0.1, 0.15) is 36.6 Å². The Bertz CT molecular complexity index is 1160. The third-order valence-electron chi connectivity index (χ3n) is 5.63. The van der Waals surface area contributed by atoms with Crippen LogP contribution in [0.4, 0.5) is 32.0 Å². The first-order valence-corrected chi connectivity index (χ1v) is 11.2. The molecule has 0 saturated carbocycles. The molecule has 1 aliphatic heterocycles. The van der Waals surface area contributed by atoms with E-state index in [0.717, 1.165) is 28.3 Å². The molecule has 2 amide bonds. The van der Waals surface area contributed by atoms with Gasteiger partial charge in [0.15, 0.2) is 0 Å². The van der Waals surface area contributed by atoms with Crippen molar-refractivity contribution in [2.45, 2.75) is 49.1 Å². The van der Waals surface area contributed by atoms with E-state index in [9.17, 15) is 35.9 Å². The molecule has 2 aromatic rings. The van der Waals surface area contributed by atoms with Crippen molar-refractivity contribution in [3.8, 4) is 6.07 Å². The van der Waals surface area contributed by atoms with Gasteiger partial charge in [0.1, 0.15) is 6.04 Å². The van der Waals surface area contributed by atoms with Crippen molar-refractivity contribution in [1.29, 1.82) is 5.26 Å². The van der Waals surface area contributed by atoms with Gasteiger partial charge in [-0.05, 0) is 46.7 Å². The monoisotopic (exact) mass is 515 g/mol. The van der Waals surface area contributed by atoms with Crippen LogP contribution in [-0.4, -0.2) is 34.8 Å². The highest BCUT2D eigenvalue weighted by molar-refractivity contribution is 7.99. The molecule has 2 aromatic carbocycles. The summed E-state index contributed by atoms with van der Waals surface area (Å²) >= 11 is 1.58. The maximum atomic E-state index is 13.4. The van der Waals surface area contributed by atoms with Crippen molar-refractivity contribution in [2.75, 3.05) is 11.1 Å². The Morgan fingerprint density at radius 2 is 1.69 bits per heavy atom. The van der Waals surface area contributed by atoms with Gasteiger partial charge in [-0.2, -0.15) is 31.6 Å². The first kappa shape index (κ1) is 26.4. The minimum atomic E-state index is -5.92. The van der Waals surface area contributed by atoms with Crippen molar-refractivity contribution < 1.29 is 35.9 Å². The predicted molar refractivity (Wildman–Crippen MR) is 116 cm³/mol.